The molecule has 0 aliphatic carbocycles. The zero-order valence-corrected chi connectivity index (χ0v) is 11.5. The van der Waals surface area contributed by atoms with Crippen LogP contribution in [0.5, 0.6) is 0 Å². The number of ether oxygens (including phenoxy) is 1. The molecular weight excluding hydrogens is 220 g/mol. The first-order valence-corrected chi connectivity index (χ1v) is 7.37. The summed E-state index contributed by atoms with van der Waals surface area (Å²) in [7, 11) is 3.97. The van der Waals surface area contributed by atoms with Crippen molar-refractivity contribution < 1.29 is 4.74 Å². The predicted octanol–water partition coefficient (Wildman–Crippen LogP) is 1.44. The van der Waals surface area contributed by atoms with Gasteiger partial charge >= 0.3 is 0 Å². The van der Waals surface area contributed by atoms with Crippen molar-refractivity contribution >= 4 is 11.8 Å². The van der Waals surface area contributed by atoms with E-state index >= 15 is 0 Å². The molecule has 3 nitrogen and oxygen atoms in total. The minimum absolute atomic E-state index is 0.808. The van der Waals surface area contributed by atoms with Crippen LogP contribution in [0, 0.1) is 0 Å². The highest BCUT2D eigenvalue weighted by Gasteiger charge is 2.15. The number of likely N-dealkylation sites (N-methyl/N-ethyl adjacent to an activating group) is 1. The molecule has 1 unspecified atom stereocenters. The molecule has 0 amide bonds. The molecule has 1 N–H and O–H groups in total. The molecule has 1 saturated heterocycles. The lowest BCUT2D eigenvalue weighted by Gasteiger charge is -2.26. The normalized spacial score (nSPS) is 21.6. The fourth-order valence-corrected chi connectivity index (χ4v) is 3.36. The maximum Gasteiger partial charge on any atom is 0.0587 e. The van der Waals surface area contributed by atoms with Gasteiger partial charge in [0, 0.05) is 38.5 Å². The van der Waals surface area contributed by atoms with Gasteiger partial charge in [-0.3, -0.25) is 0 Å². The topological polar surface area (TPSA) is 24.5 Å². The smallest absolute Gasteiger partial charge is 0.0587 e. The van der Waals surface area contributed by atoms with Crippen molar-refractivity contribution in [2.24, 2.45) is 0 Å². The molecule has 0 spiro atoms. The van der Waals surface area contributed by atoms with E-state index in [0.717, 1.165) is 31.5 Å². The number of hydrogen-bond acceptors (Lipinski definition) is 4. The van der Waals surface area contributed by atoms with Crippen LogP contribution in [0.15, 0.2) is 0 Å². The number of methoxy groups -OCH3 is 1. The summed E-state index contributed by atoms with van der Waals surface area (Å²) in [5.41, 5.74) is 0. The first-order valence-electron chi connectivity index (χ1n) is 6.32. The Labute approximate surface area is 104 Å². The number of nitrogens with zero attached hydrogens (tertiary/aromatic N) is 1. The van der Waals surface area contributed by atoms with Crippen molar-refractivity contribution in [3.63, 3.8) is 0 Å². The lowest BCUT2D eigenvalue weighted by Crippen LogP contribution is -2.35. The second-order valence-electron chi connectivity index (χ2n) is 4.49. The van der Waals surface area contributed by atoms with E-state index < -0.39 is 0 Å². The molecule has 0 radical (unpaired) electrons. The van der Waals surface area contributed by atoms with Gasteiger partial charge in [0.05, 0.1) is 6.61 Å². The van der Waals surface area contributed by atoms with Gasteiger partial charge in [-0.1, -0.05) is 6.42 Å². The fraction of sp³-hybridized carbons (Fsp3) is 1.00. The first kappa shape index (κ1) is 14.3. The lowest BCUT2D eigenvalue weighted by molar-refractivity contribution is 0.198. The van der Waals surface area contributed by atoms with Crippen LogP contribution in [-0.4, -0.2) is 62.8 Å². The maximum absolute atomic E-state index is 4.99. The number of thioether (sulfide) groups is 1. The van der Waals surface area contributed by atoms with Crippen LogP contribution in [0.2, 0.25) is 0 Å². The Kier molecular flexibility index (Phi) is 8.29. The van der Waals surface area contributed by atoms with Crippen LogP contribution in [0.1, 0.15) is 19.3 Å². The van der Waals surface area contributed by atoms with Gasteiger partial charge in [-0.05, 0) is 25.6 Å². The molecule has 0 saturated carbocycles. The molecule has 0 aromatic carbocycles. The van der Waals surface area contributed by atoms with E-state index in [2.05, 4.69) is 29.0 Å². The number of hydrogen-bond donors (Lipinski definition) is 1. The summed E-state index contributed by atoms with van der Waals surface area (Å²) in [6.45, 7) is 5.22. The van der Waals surface area contributed by atoms with Crippen LogP contribution in [0.25, 0.3) is 0 Å². The van der Waals surface area contributed by atoms with Crippen LogP contribution in [0.4, 0.5) is 0 Å². The molecule has 1 atom stereocenters. The van der Waals surface area contributed by atoms with E-state index in [1.165, 1.54) is 31.6 Å². The second kappa shape index (κ2) is 9.28. The SMILES string of the molecule is COCCNCCN(C)CC1CCCCS1. The van der Waals surface area contributed by atoms with Crippen molar-refractivity contribution in [1.82, 2.24) is 10.2 Å². The Hall–Kier alpha value is 0.230. The van der Waals surface area contributed by atoms with E-state index in [9.17, 15) is 0 Å². The molecule has 1 aliphatic heterocycles. The molecular formula is C12H26N2OS. The summed E-state index contributed by atoms with van der Waals surface area (Å²) < 4.78 is 4.99. The summed E-state index contributed by atoms with van der Waals surface area (Å²) in [4.78, 5) is 2.45. The first-order chi connectivity index (χ1) is 7.83. The zero-order chi connectivity index (χ0) is 11.6. The molecule has 96 valence electrons. The molecule has 1 aliphatic rings. The highest BCUT2D eigenvalue weighted by molar-refractivity contribution is 7.99. The van der Waals surface area contributed by atoms with Crippen LogP contribution in [-0.2, 0) is 4.74 Å². The predicted molar refractivity (Wildman–Crippen MR) is 72.3 cm³/mol. The fourth-order valence-electron chi connectivity index (χ4n) is 1.96. The average molecular weight is 246 g/mol. The van der Waals surface area contributed by atoms with Crippen molar-refractivity contribution in [3.05, 3.63) is 0 Å². The average Bonchev–Trinajstić information content (AvgIpc) is 2.30. The minimum atomic E-state index is 0.808. The van der Waals surface area contributed by atoms with Gasteiger partial charge in [0.25, 0.3) is 0 Å². The van der Waals surface area contributed by atoms with Crippen LogP contribution < -0.4 is 5.32 Å². The van der Waals surface area contributed by atoms with E-state index in [0.29, 0.717) is 0 Å². The highest BCUT2D eigenvalue weighted by Crippen LogP contribution is 2.25. The van der Waals surface area contributed by atoms with Gasteiger partial charge in [0.2, 0.25) is 0 Å². The monoisotopic (exact) mass is 246 g/mol. The molecule has 0 bridgehead atoms. The molecule has 0 aromatic rings. The minimum Gasteiger partial charge on any atom is -0.383 e. The van der Waals surface area contributed by atoms with E-state index in [-0.39, 0.29) is 0 Å². The summed E-state index contributed by atoms with van der Waals surface area (Å²) in [5, 5.41) is 4.25. The maximum atomic E-state index is 4.99. The van der Waals surface area contributed by atoms with Crippen molar-refractivity contribution in [3.8, 4) is 0 Å². The van der Waals surface area contributed by atoms with Crippen molar-refractivity contribution in [1.29, 1.82) is 0 Å². The molecule has 1 fully saturated rings. The summed E-state index contributed by atoms with van der Waals surface area (Å²) in [5.74, 6) is 1.37. The summed E-state index contributed by atoms with van der Waals surface area (Å²) in [6, 6.07) is 0. The Morgan fingerprint density at radius 2 is 2.25 bits per heavy atom. The van der Waals surface area contributed by atoms with Gasteiger partial charge in [-0.15, -0.1) is 0 Å². The quantitative estimate of drug-likeness (QED) is 0.655. The lowest BCUT2D eigenvalue weighted by atomic mass is 10.2. The van der Waals surface area contributed by atoms with Gasteiger partial charge in [-0.25, -0.2) is 0 Å². The van der Waals surface area contributed by atoms with E-state index in [4.69, 9.17) is 4.74 Å². The number of rotatable bonds is 8. The van der Waals surface area contributed by atoms with Gasteiger partial charge < -0.3 is 15.0 Å². The molecule has 0 aromatic heterocycles. The zero-order valence-electron chi connectivity index (χ0n) is 10.7. The molecule has 16 heavy (non-hydrogen) atoms. The van der Waals surface area contributed by atoms with Crippen molar-refractivity contribution in [2.75, 3.05) is 52.7 Å². The van der Waals surface area contributed by atoms with Crippen molar-refractivity contribution in [2.45, 2.75) is 24.5 Å². The van der Waals surface area contributed by atoms with Gasteiger partial charge in [0.1, 0.15) is 0 Å². The van der Waals surface area contributed by atoms with Gasteiger partial charge in [0.15, 0.2) is 0 Å². The Morgan fingerprint density at radius 3 is 2.94 bits per heavy atom. The number of nitrogens with one attached hydrogen (secondary N) is 1. The molecule has 1 rings (SSSR count). The Bertz CT molecular complexity index is 163. The summed E-state index contributed by atoms with van der Waals surface area (Å²) >= 11 is 2.16. The van der Waals surface area contributed by atoms with Gasteiger partial charge in [-0.2, -0.15) is 11.8 Å². The Morgan fingerprint density at radius 1 is 1.38 bits per heavy atom. The molecule has 4 heteroatoms. The summed E-state index contributed by atoms with van der Waals surface area (Å²) in [6.07, 6.45) is 4.26. The molecule has 1 heterocycles. The standard InChI is InChI=1S/C12H26N2OS/c1-14(8-6-13-7-9-15-2)11-12-5-3-4-10-16-12/h12-13H,3-11H2,1-2H3. The van der Waals surface area contributed by atoms with E-state index in [1.807, 2.05) is 0 Å². The third-order valence-electron chi connectivity index (χ3n) is 2.94. The largest absolute Gasteiger partial charge is 0.383 e. The third kappa shape index (κ3) is 6.74. The van der Waals surface area contributed by atoms with Crippen LogP contribution >= 0.6 is 11.8 Å². The van der Waals surface area contributed by atoms with E-state index in [1.54, 1.807) is 7.11 Å². The second-order valence-corrected chi connectivity index (χ2v) is 5.90. The van der Waals surface area contributed by atoms with Crippen LogP contribution in [0.3, 0.4) is 0 Å². The highest BCUT2D eigenvalue weighted by atomic mass is 32.2. The third-order valence-corrected chi connectivity index (χ3v) is 4.32. The Balaban J connectivity index is 1.95.